The molecule has 146 valence electrons. The van der Waals surface area contributed by atoms with Crippen LogP contribution in [0.2, 0.25) is 0 Å². The van der Waals surface area contributed by atoms with Crippen molar-refractivity contribution in [2.45, 2.75) is 27.2 Å². The lowest BCUT2D eigenvalue weighted by Crippen LogP contribution is -1.98. The van der Waals surface area contributed by atoms with Crippen LogP contribution in [0.4, 0.5) is 0 Å². The fraction of sp³-hybridized carbons (Fsp3) is 0.192. The molecule has 2 nitrogen and oxygen atoms in total. The molecule has 2 heteroatoms. The Bertz CT molecular complexity index is 874. The molecule has 0 radical (unpaired) electrons. The van der Waals surface area contributed by atoms with Crippen molar-refractivity contribution in [1.82, 2.24) is 0 Å². The molecule has 0 amide bonds. The fourth-order valence-electron chi connectivity index (χ4n) is 2.98. The predicted octanol–water partition coefficient (Wildman–Crippen LogP) is 6.94. The second-order valence-corrected chi connectivity index (χ2v) is 6.18. The maximum atomic E-state index is 11.0. The highest BCUT2D eigenvalue weighted by atomic mass is 16.5. The molecule has 1 aromatic carbocycles. The second-order valence-electron chi connectivity index (χ2n) is 6.18. The van der Waals surface area contributed by atoms with E-state index in [2.05, 4.69) is 38.8 Å². The quantitative estimate of drug-likeness (QED) is 0.192. The molecule has 0 aromatic heterocycles. The number of carbonyl (C=O) groups excluding carboxylic acids is 1. The molecule has 0 saturated heterocycles. The van der Waals surface area contributed by atoms with E-state index in [-0.39, 0.29) is 0 Å². The summed E-state index contributed by atoms with van der Waals surface area (Å²) in [4.78, 5) is 11.0. The summed E-state index contributed by atoms with van der Waals surface area (Å²) < 4.78 is 5.29. The minimum atomic E-state index is 0.515. The number of hydrogen-bond acceptors (Lipinski definition) is 2. The van der Waals surface area contributed by atoms with Crippen LogP contribution in [0.3, 0.4) is 0 Å². The molecule has 1 aromatic rings. The lowest BCUT2D eigenvalue weighted by Gasteiger charge is -2.18. The van der Waals surface area contributed by atoms with E-state index < -0.39 is 0 Å². The van der Waals surface area contributed by atoms with Crippen LogP contribution in [0.5, 0.6) is 0 Å². The first kappa shape index (κ1) is 22.9. The molecule has 0 aliphatic heterocycles. The van der Waals surface area contributed by atoms with Gasteiger partial charge in [0.15, 0.2) is 0 Å². The molecule has 0 unspecified atom stereocenters. The summed E-state index contributed by atoms with van der Waals surface area (Å²) in [5, 5.41) is 0. The molecule has 1 rings (SSSR count). The highest BCUT2D eigenvalue weighted by Gasteiger charge is 2.14. The number of hydrogen-bond donors (Lipinski definition) is 0. The van der Waals surface area contributed by atoms with E-state index in [0.29, 0.717) is 11.3 Å². The number of methoxy groups -OCH3 is 1. The molecule has 0 aliphatic carbocycles. The zero-order valence-electron chi connectivity index (χ0n) is 17.4. The summed E-state index contributed by atoms with van der Waals surface area (Å²) in [5.41, 5.74) is 6.58. The molecule has 0 N–H and O–H groups in total. The maximum Gasteiger partial charge on any atom is 0.149 e. The van der Waals surface area contributed by atoms with Crippen molar-refractivity contribution in [3.8, 4) is 0 Å². The van der Waals surface area contributed by atoms with Gasteiger partial charge in [-0.3, -0.25) is 4.79 Å². The largest absolute Gasteiger partial charge is 0.496 e. The Morgan fingerprint density at radius 3 is 2.43 bits per heavy atom. The monoisotopic (exact) mass is 374 g/mol. The number of ether oxygens (including phenoxy) is 1. The highest BCUT2D eigenvalue weighted by molar-refractivity contribution is 5.93. The van der Waals surface area contributed by atoms with Gasteiger partial charge in [-0.15, -0.1) is 0 Å². The van der Waals surface area contributed by atoms with Gasteiger partial charge in [-0.2, -0.15) is 0 Å². The van der Waals surface area contributed by atoms with Crippen LogP contribution < -0.4 is 0 Å². The van der Waals surface area contributed by atoms with E-state index in [4.69, 9.17) is 4.74 Å². The third-order valence-electron chi connectivity index (χ3n) is 4.40. The van der Waals surface area contributed by atoms with Gasteiger partial charge in [-0.1, -0.05) is 75.2 Å². The summed E-state index contributed by atoms with van der Waals surface area (Å²) in [6.07, 6.45) is 13.2. The summed E-state index contributed by atoms with van der Waals surface area (Å²) in [7, 11) is 1.54. The lowest BCUT2D eigenvalue weighted by molar-refractivity contribution is -0.105. The van der Waals surface area contributed by atoms with Crippen LogP contribution in [-0.2, 0) is 9.53 Å². The summed E-state index contributed by atoms with van der Waals surface area (Å²) in [5.74, 6) is 0.515. The summed E-state index contributed by atoms with van der Waals surface area (Å²) >= 11 is 0. The second kappa shape index (κ2) is 11.6. The van der Waals surface area contributed by atoms with Crippen LogP contribution in [0.25, 0.3) is 17.2 Å². The Kier molecular flexibility index (Phi) is 9.45. The van der Waals surface area contributed by atoms with Crippen LogP contribution in [0.15, 0.2) is 85.2 Å². The predicted molar refractivity (Wildman–Crippen MR) is 123 cm³/mol. The first-order chi connectivity index (χ1) is 13.5. The van der Waals surface area contributed by atoms with Gasteiger partial charge in [0.25, 0.3) is 0 Å². The first-order valence-electron chi connectivity index (χ1n) is 9.31. The van der Waals surface area contributed by atoms with Gasteiger partial charge in [0.05, 0.1) is 7.11 Å². The number of allylic oxidation sites excluding steroid dienone is 9. The molecule has 0 aliphatic rings. The van der Waals surface area contributed by atoms with Crippen LogP contribution in [-0.4, -0.2) is 13.4 Å². The number of rotatable bonds is 10. The van der Waals surface area contributed by atoms with Gasteiger partial charge >= 0.3 is 0 Å². The number of benzene rings is 1. The van der Waals surface area contributed by atoms with Crippen LogP contribution >= 0.6 is 0 Å². The number of carbonyl (C=O) groups is 1. The minimum Gasteiger partial charge on any atom is -0.496 e. The summed E-state index contributed by atoms with van der Waals surface area (Å²) in [6.45, 7) is 18.0. The maximum absolute atomic E-state index is 11.0. The number of aldehydes is 1. The summed E-state index contributed by atoms with van der Waals surface area (Å²) in [6, 6.07) is 6.15. The topological polar surface area (TPSA) is 26.3 Å². The van der Waals surface area contributed by atoms with E-state index in [1.54, 1.807) is 20.1 Å². The van der Waals surface area contributed by atoms with Crippen molar-refractivity contribution in [2.75, 3.05) is 7.11 Å². The van der Waals surface area contributed by atoms with Gasteiger partial charge in [0.1, 0.15) is 12.0 Å². The Morgan fingerprint density at radius 2 is 1.93 bits per heavy atom. The van der Waals surface area contributed by atoms with Crippen LogP contribution in [0, 0.1) is 0 Å². The third kappa shape index (κ3) is 5.43. The molecule has 28 heavy (non-hydrogen) atoms. The van der Waals surface area contributed by atoms with E-state index in [1.165, 1.54) is 0 Å². The van der Waals surface area contributed by atoms with Gasteiger partial charge in [-0.05, 0) is 59.8 Å². The van der Waals surface area contributed by atoms with Crippen LogP contribution in [0.1, 0.15) is 43.9 Å². The smallest absolute Gasteiger partial charge is 0.149 e. The van der Waals surface area contributed by atoms with Crippen molar-refractivity contribution < 1.29 is 9.53 Å². The molecule has 0 saturated carbocycles. The van der Waals surface area contributed by atoms with Gasteiger partial charge in [0, 0.05) is 5.57 Å². The van der Waals surface area contributed by atoms with Gasteiger partial charge < -0.3 is 4.74 Å². The van der Waals surface area contributed by atoms with E-state index in [0.717, 1.165) is 46.1 Å². The minimum absolute atomic E-state index is 0.515. The van der Waals surface area contributed by atoms with Gasteiger partial charge in [-0.25, -0.2) is 0 Å². The Labute approximate surface area is 169 Å². The van der Waals surface area contributed by atoms with Crippen molar-refractivity contribution in [2.24, 2.45) is 0 Å². The molecular weight excluding hydrogens is 344 g/mol. The Hall–Kier alpha value is -3.13. The van der Waals surface area contributed by atoms with Crippen molar-refractivity contribution in [3.63, 3.8) is 0 Å². The average Bonchev–Trinajstić information content (AvgIpc) is 2.72. The molecule has 0 spiro atoms. The SMILES string of the molecule is C=C/C(=C\CC)c1cccc(C=C)c1/C(=C\C)C(=C)/C=C\C(OC)=C(/C)C=O. The van der Waals surface area contributed by atoms with Gasteiger partial charge in [0.2, 0.25) is 0 Å². The average molecular weight is 375 g/mol. The normalized spacial score (nSPS) is 13.1. The molecule has 0 bridgehead atoms. The Balaban J connectivity index is 3.57. The molecule has 0 atom stereocenters. The fourth-order valence-corrected chi connectivity index (χ4v) is 2.98. The molecular formula is C26H30O2. The highest BCUT2D eigenvalue weighted by Crippen LogP contribution is 2.34. The molecule has 0 fully saturated rings. The van der Waals surface area contributed by atoms with E-state index in [1.807, 2.05) is 43.4 Å². The van der Waals surface area contributed by atoms with Crippen molar-refractivity contribution >= 4 is 23.5 Å². The van der Waals surface area contributed by atoms with Crippen molar-refractivity contribution in [3.05, 3.63) is 102 Å². The van der Waals surface area contributed by atoms with E-state index >= 15 is 0 Å². The van der Waals surface area contributed by atoms with Crippen molar-refractivity contribution in [1.29, 1.82) is 0 Å². The zero-order valence-corrected chi connectivity index (χ0v) is 17.4. The van der Waals surface area contributed by atoms with E-state index in [9.17, 15) is 4.79 Å². The lowest BCUT2D eigenvalue weighted by atomic mass is 9.86. The molecule has 0 heterocycles. The zero-order chi connectivity index (χ0) is 21.1. The standard InChI is InChI=1S/C26H30O2/c1-8-13-21(9-2)24-15-12-14-22(10-3)26(24)23(11-4)19(5)16-17-25(28-7)20(6)18-27/h9-18H,2-3,5,8H2,1,4,6-7H3/b17-16-,21-13+,23-11-,25-20-. The Morgan fingerprint density at radius 1 is 1.21 bits per heavy atom. The first-order valence-corrected chi connectivity index (χ1v) is 9.31. The third-order valence-corrected chi connectivity index (χ3v) is 4.40.